The summed E-state index contributed by atoms with van der Waals surface area (Å²) in [6.07, 6.45) is 10.9. The molecule has 17 heavy (non-hydrogen) atoms. The summed E-state index contributed by atoms with van der Waals surface area (Å²) in [4.78, 5) is 0. The highest BCUT2D eigenvalue weighted by atomic mass is 16.8. The highest BCUT2D eigenvalue weighted by Gasteiger charge is 2.70. The molecule has 0 unspecified atom stereocenters. The van der Waals surface area contributed by atoms with Gasteiger partial charge in [0.1, 0.15) is 5.60 Å². The summed E-state index contributed by atoms with van der Waals surface area (Å²) in [6.45, 7) is 0. The predicted octanol–water partition coefficient (Wildman–Crippen LogP) is 2.71. The molecule has 4 atom stereocenters. The Hall–Kier alpha value is -0.120. The van der Waals surface area contributed by atoms with E-state index < -0.39 is 11.6 Å². The Bertz CT molecular complexity index is 340. The van der Waals surface area contributed by atoms with Crippen molar-refractivity contribution >= 4 is 0 Å². The van der Waals surface area contributed by atoms with Crippen molar-refractivity contribution in [3.05, 3.63) is 0 Å². The maximum absolute atomic E-state index is 10.9. The van der Waals surface area contributed by atoms with Crippen molar-refractivity contribution in [1.82, 2.24) is 0 Å². The van der Waals surface area contributed by atoms with Crippen LogP contribution in [0.15, 0.2) is 0 Å². The molecule has 0 aromatic heterocycles. The van der Waals surface area contributed by atoms with Crippen LogP contribution in [0.4, 0.5) is 0 Å². The van der Waals surface area contributed by atoms with Gasteiger partial charge in [-0.05, 0) is 38.5 Å². The average Bonchev–Trinajstić information content (AvgIpc) is 2.52. The molecule has 4 rings (SSSR count). The van der Waals surface area contributed by atoms with E-state index in [2.05, 4.69) is 0 Å². The lowest BCUT2D eigenvalue weighted by atomic mass is 9.71. The first-order valence-electron chi connectivity index (χ1n) is 7.31. The lowest BCUT2D eigenvalue weighted by molar-refractivity contribution is -0.280. The molecule has 4 aliphatic rings. The lowest BCUT2D eigenvalue weighted by Gasteiger charge is -2.47. The third-order valence-electron chi connectivity index (χ3n) is 5.61. The van der Waals surface area contributed by atoms with Gasteiger partial charge in [-0.3, -0.25) is 0 Å². The summed E-state index contributed by atoms with van der Waals surface area (Å²) in [7, 11) is 0. The second-order valence-electron chi connectivity index (χ2n) is 6.48. The molecule has 1 N–H and O–H groups in total. The maximum Gasteiger partial charge on any atom is 0.198 e. The predicted molar refractivity (Wildman–Crippen MR) is 62.2 cm³/mol. The molecular weight excluding hydrogens is 216 g/mol. The minimum absolute atomic E-state index is 0.362. The molecule has 96 valence electrons. The van der Waals surface area contributed by atoms with Crippen LogP contribution in [0, 0.1) is 5.92 Å². The van der Waals surface area contributed by atoms with E-state index in [1.54, 1.807) is 0 Å². The zero-order valence-electron chi connectivity index (χ0n) is 10.4. The Labute approximate surface area is 102 Å². The maximum atomic E-state index is 10.9. The fourth-order valence-electron chi connectivity index (χ4n) is 4.71. The van der Waals surface area contributed by atoms with Crippen molar-refractivity contribution in [3.63, 3.8) is 0 Å². The summed E-state index contributed by atoms with van der Waals surface area (Å²) in [6, 6.07) is 0. The first kappa shape index (κ1) is 10.8. The van der Waals surface area contributed by atoms with Crippen LogP contribution in [0.1, 0.15) is 64.2 Å². The molecule has 2 bridgehead atoms. The van der Waals surface area contributed by atoms with Gasteiger partial charge in [0.05, 0.1) is 0 Å². The van der Waals surface area contributed by atoms with Crippen LogP contribution in [0.2, 0.25) is 0 Å². The molecule has 2 spiro atoms. The van der Waals surface area contributed by atoms with Crippen LogP contribution in [-0.4, -0.2) is 22.3 Å². The molecule has 2 saturated heterocycles. The van der Waals surface area contributed by atoms with E-state index in [1.165, 1.54) is 32.1 Å². The van der Waals surface area contributed by atoms with Crippen LogP contribution in [-0.2, 0) is 9.47 Å². The molecule has 2 aliphatic heterocycles. The number of hydrogen-bond donors (Lipinski definition) is 1. The third-order valence-corrected chi connectivity index (χ3v) is 5.61. The number of hydrogen-bond acceptors (Lipinski definition) is 3. The second-order valence-corrected chi connectivity index (χ2v) is 6.48. The van der Waals surface area contributed by atoms with Gasteiger partial charge in [-0.2, -0.15) is 0 Å². The van der Waals surface area contributed by atoms with Crippen molar-refractivity contribution in [2.24, 2.45) is 5.92 Å². The highest BCUT2D eigenvalue weighted by molar-refractivity contribution is 5.10. The lowest BCUT2D eigenvalue weighted by Crippen LogP contribution is -2.55. The first-order chi connectivity index (χ1) is 8.18. The van der Waals surface area contributed by atoms with Gasteiger partial charge in [-0.15, -0.1) is 0 Å². The Morgan fingerprint density at radius 1 is 0.824 bits per heavy atom. The van der Waals surface area contributed by atoms with Gasteiger partial charge >= 0.3 is 0 Å². The van der Waals surface area contributed by atoms with E-state index >= 15 is 0 Å². The SMILES string of the molecule is O[C@@]12CCCC[C@]13CC[C@H]1CCCC[C@]1(O3)O2. The molecule has 2 heterocycles. The Balaban J connectivity index is 1.75. The minimum Gasteiger partial charge on any atom is -0.363 e. The summed E-state index contributed by atoms with van der Waals surface area (Å²) in [5.74, 6) is -0.871. The average molecular weight is 238 g/mol. The molecule has 2 aliphatic carbocycles. The fraction of sp³-hybridized carbons (Fsp3) is 1.00. The monoisotopic (exact) mass is 238 g/mol. The molecule has 0 radical (unpaired) electrons. The standard InChI is InChI=1S/C14H22O3/c15-14-9-4-3-7-12(14)10-6-11-5-1-2-8-13(11,16-12)17-14/h11,15H,1-10H2/t11-,12+,13+,14-/m1/s1. The van der Waals surface area contributed by atoms with Gasteiger partial charge in [0.2, 0.25) is 0 Å². The van der Waals surface area contributed by atoms with Gasteiger partial charge in [0, 0.05) is 18.8 Å². The molecule has 2 saturated carbocycles. The molecule has 3 nitrogen and oxygen atoms in total. The van der Waals surface area contributed by atoms with Crippen molar-refractivity contribution in [2.75, 3.05) is 0 Å². The van der Waals surface area contributed by atoms with Crippen LogP contribution in [0.3, 0.4) is 0 Å². The number of aliphatic hydroxyl groups is 1. The van der Waals surface area contributed by atoms with Crippen molar-refractivity contribution in [3.8, 4) is 0 Å². The normalized spacial score (nSPS) is 57.4. The summed E-state index contributed by atoms with van der Waals surface area (Å²) in [5.41, 5.74) is -0.362. The van der Waals surface area contributed by atoms with Gasteiger partial charge < -0.3 is 14.6 Å². The van der Waals surface area contributed by atoms with E-state index in [1.807, 2.05) is 0 Å². The smallest absolute Gasteiger partial charge is 0.198 e. The first-order valence-corrected chi connectivity index (χ1v) is 7.31. The van der Waals surface area contributed by atoms with Crippen LogP contribution < -0.4 is 0 Å². The largest absolute Gasteiger partial charge is 0.363 e. The molecule has 0 amide bonds. The molecule has 4 fully saturated rings. The topological polar surface area (TPSA) is 38.7 Å². The van der Waals surface area contributed by atoms with Gasteiger partial charge in [0.25, 0.3) is 0 Å². The summed E-state index contributed by atoms with van der Waals surface area (Å²) < 4.78 is 12.6. The van der Waals surface area contributed by atoms with Crippen molar-refractivity contribution in [1.29, 1.82) is 0 Å². The summed E-state index contributed by atoms with van der Waals surface area (Å²) >= 11 is 0. The van der Waals surface area contributed by atoms with E-state index in [4.69, 9.17) is 9.47 Å². The Morgan fingerprint density at radius 3 is 2.59 bits per heavy atom. The summed E-state index contributed by atoms with van der Waals surface area (Å²) in [5, 5.41) is 10.9. The van der Waals surface area contributed by atoms with Crippen LogP contribution in [0.5, 0.6) is 0 Å². The Kier molecular flexibility index (Phi) is 2.06. The quantitative estimate of drug-likeness (QED) is 0.705. The molecular formula is C14H22O3. The second kappa shape index (κ2) is 3.25. The van der Waals surface area contributed by atoms with Gasteiger partial charge in [-0.25, -0.2) is 0 Å². The molecule has 0 aromatic carbocycles. The molecule has 0 aromatic rings. The highest BCUT2D eigenvalue weighted by Crippen LogP contribution is 2.62. The van der Waals surface area contributed by atoms with E-state index in [0.29, 0.717) is 5.92 Å². The number of ether oxygens (including phenoxy) is 2. The zero-order chi connectivity index (χ0) is 11.6. The third kappa shape index (κ3) is 1.23. The van der Waals surface area contributed by atoms with Crippen LogP contribution >= 0.6 is 0 Å². The molecule has 3 heteroatoms. The zero-order valence-corrected chi connectivity index (χ0v) is 10.4. The number of rotatable bonds is 0. The van der Waals surface area contributed by atoms with Gasteiger partial charge in [0.15, 0.2) is 11.6 Å². The van der Waals surface area contributed by atoms with E-state index in [0.717, 1.165) is 32.1 Å². The van der Waals surface area contributed by atoms with Gasteiger partial charge in [-0.1, -0.05) is 12.8 Å². The van der Waals surface area contributed by atoms with Crippen molar-refractivity contribution in [2.45, 2.75) is 81.4 Å². The fourth-order valence-corrected chi connectivity index (χ4v) is 4.71. The minimum atomic E-state index is -0.975. The van der Waals surface area contributed by atoms with E-state index in [-0.39, 0.29) is 5.60 Å². The van der Waals surface area contributed by atoms with E-state index in [9.17, 15) is 5.11 Å². The van der Waals surface area contributed by atoms with Crippen molar-refractivity contribution < 1.29 is 14.6 Å². The van der Waals surface area contributed by atoms with Crippen LogP contribution in [0.25, 0.3) is 0 Å². The Morgan fingerprint density at radius 2 is 1.65 bits per heavy atom.